The number of rotatable bonds is 12. The summed E-state index contributed by atoms with van der Waals surface area (Å²) in [5, 5.41) is 0. The van der Waals surface area contributed by atoms with Gasteiger partial charge in [-0.05, 0) is 68.5 Å². The second-order valence-electron chi connectivity index (χ2n) is 6.77. The molecule has 0 spiro atoms. The average Bonchev–Trinajstić information content (AvgIpc) is 2.76. The molecule has 0 N–H and O–H groups in total. The van der Waals surface area contributed by atoms with Crippen molar-refractivity contribution in [1.82, 2.24) is 0 Å². The van der Waals surface area contributed by atoms with E-state index < -0.39 is 5.97 Å². The van der Waals surface area contributed by atoms with Crippen LogP contribution in [0.4, 0.5) is 0 Å². The lowest BCUT2D eigenvalue weighted by molar-refractivity contribution is -0.137. The van der Waals surface area contributed by atoms with Gasteiger partial charge in [0.25, 0.3) is 0 Å². The molecule has 0 aromatic heterocycles. The third kappa shape index (κ3) is 9.24. The van der Waals surface area contributed by atoms with Crippen molar-refractivity contribution in [2.75, 3.05) is 13.2 Å². The van der Waals surface area contributed by atoms with Gasteiger partial charge in [-0.25, -0.2) is 9.59 Å². The van der Waals surface area contributed by atoms with Gasteiger partial charge < -0.3 is 14.2 Å². The molecule has 5 nitrogen and oxygen atoms in total. The molecule has 0 atom stereocenters. The van der Waals surface area contributed by atoms with Crippen LogP contribution in [0.15, 0.2) is 67.3 Å². The van der Waals surface area contributed by atoms with E-state index >= 15 is 0 Å². The van der Waals surface area contributed by atoms with Crippen molar-refractivity contribution in [3.63, 3.8) is 0 Å². The molecule has 2 aromatic rings. The van der Waals surface area contributed by atoms with Crippen molar-refractivity contribution in [3.05, 3.63) is 78.4 Å². The van der Waals surface area contributed by atoms with Crippen molar-refractivity contribution in [1.29, 1.82) is 0 Å². The molecule has 0 amide bonds. The highest BCUT2D eigenvalue weighted by atomic mass is 16.5. The van der Waals surface area contributed by atoms with Crippen molar-refractivity contribution in [2.24, 2.45) is 0 Å². The summed E-state index contributed by atoms with van der Waals surface area (Å²) in [5.74, 6) is 0.518. The topological polar surface area (TPSA) is 61.8 Å². The number of benzene rings is 2. The Balaban J connectivity index is 1.62. The lowest BCUT2D eigenvalue weighted by Gasteiger charge is -2.06. The molecule has 0 unspecified atom stereocenters. The van der Waals surface area contributed by atoms with Crippen LogP contribution in [0.1, 0.15) is 36.8 Å². The van der Waals surface area contributed by atoms with E-state index in [0.717, 1.165) is 42.6 Å². The third-order valence-corrected chi connectivity index (χ3v) is 4.25. The normalized spacial score (nSPS) is 10.6. The van der Waals surface area contributed by atoms with Crippen molar-refractivity contribution >= 4 is 18.0 Å². The number of esters is 2. The maximum absolute atomic E-state index is 11.9. The number of ether oxygens (including phenoxy) is 3. The maximum Gasteiger partial charge on any atom is 0.336 e. The number of aryl methyl sites for hydroxylation is 1. The molecule has 0 bridgehead atoms. The Bertz CT molecular complexity index is 835. The summed E-state index contributed by atoms with van der Waals surface area (Å²) >= 11 is 0. The van der Waals surface area contributed by atoms with Crippen molar-refractivity contribution in [3.8, 4) is 11.5 Å². The molecule has 0 saturated carbocycles. The van der Waals surface area contributed by atoms with Crippen molar-refractivity contribution in [2.45, 2.75) is 32.6 Å². The summed E-state index contributed by atoms with van der Waals surface area (Å²) in [4.78, 5) is 22.8. The van der Waals surface area contributed by atoms with Gasteiger partial charge in [0.2, 0.25) is 0 Å². The minimum Gasteiger partial charge on any atom is -0.494 e. The molecule has 0 heterocycles. The molecular formula is C25H28O5. The highest BCUT2D eigenvalue weighted by Crippen LogP contribution is 2.15. The van der Waals surface area contributed by atoms with Crippen LogP contribution in [0.2, 0.25) is 0 Å². The monoisotopic (exact) mass is 408 g/mol. The zero-order valence-corrected chi connectivity index (χ0v) is 17.3. The standard InChI is InChI=1S/C25H28O5/c1-3-24(26)29-19-7-5-4-6-18-28-22-15-10-21(11-16-22)12-17-25(27)30-23-13-8-20(2)9-14-23/h3,8-17H,1,4-7,18-19H2,2H3/b17-12+. The number of carbonyl (C=O) groups is 2. The molecular weight excluding hydrogens is 380 g/mol. The Kier molecular flexibility index (Phi) is 9.93. The van der Waals surface area contributed by atoms with Crippen LogP contribution in [0.5, 0.6) is 11.5 Å². The van der Waals surface area contributed by atoms with Crippen LogP contribution in [-0.2, 0) is 14.3 Å². The van der Waals surface area contributed by atoms with Crippen LogP contribution in [0.25, 0.3) is 6.08 Å². The second kappa shape index (κ2) is 13.0. The Morgan fingerprint density at radius 3 is 2.13 bits per heavy atom. The quantitative estimate of drug-likeness (QED) is 0.207. The molecule has 0 radical (unpaired) electrons. The molecule has 2 aromatic carbocycles. The summed E-state index contributed by atoms with van der Waals surface area (Å²) < 4.78 is 15.9. The first-order chi connectivity index (χ1) is 14.6. The van der Waals surface area contributed by atoms with Gasteiger partial charge in [-0.2, -0.15) is 0 Å². The van der Waals surface area contributed by atoms with E-state index in [1.54, 1.807) is 18.2 Å². The fraction of sp³-hybridized carbons (Fsp3) is 0.280. The predicted molar refractivity (Wildman–Crippen MR) is 117 cm³/mol. The largest absolute Gasteiger partial charge is 0.494 e. The number of hydrogen-bond donors (Lipinski definition) is 0. The minimum absolute atomic E-state index is 0.375. The first-order valence-electron chi connectivity index (χ1n) is 10.1. The van der Waals surface area contributed by atoms with Gasteiger partial charge in [-0.1, -0.05) is 36.4 Å². The number of carbonyl (C=O) groups excluding carboxylic acids is 2. The smallest absolute Gasteiger partial charge is 0.336 e. The van der Waals surface area contributed by atoms with Gasteiger partial charge >= 0.3 is 11.9 Å². The molecule has 0 aliphatic carbocycles. The van der Waals surface area contributed by atoms with E-state index in [0.29, 0.717) is 19.0 Å². The van der Waals surface area contributed by atoms with E-state index in [9.17, 15) is 9.59 Å². The van der Waals surface area contributed by atoms with Crippen LogP contribution in [0, 0.1) is 6.92 Å². The number of hydrogen-bond acceptors (Lipinski definition) is 5. The van der Waals surface area contributed by atoms with Crippen LogP contribution < -0.4 is 9.47 Å². The molecule has 0 fully saturated rings. The zero-order chi connectivity index (χ0) is 21.6. The van der Waals surface area contributed by atoms with Gasteiger partial charge in [0.1, 0.15) is 11.5 Å². The summed E-state index contributed by atoms with van der Waals surface area (Å²) in [6.45, 7) is 6.39. The van der Waals surface area contributed by atoms with Gasteiger partial charge in [0.15, 0.2) is 0 Å². The summed E-state index contributed by atoms with van der Waals surface area (Å²) in [5.41, 5.74) is 2.00. The highest BCUT2D eigenvalue weighted by molar-refractivity contribution is 5.88. The van der Waals surface area contributed by atoms with Gasteiger partial charge in [-0.3, -0.25) is 0 Å². The third-order valence-electron chi connectivity index (χ3n) is 4.25. The van der Waals surface area contributed by atoms with E-state index in [-0.39, 0.29) is 5.97 Å². The molecule has 0 aliphatic heterocycles. The fourth-order valence-electron chi connectivity index (χ4n) is 2.58. The molecule has 2 rings (SSSR count). The summed E-state index contributed by atoms with van der Waals surface area (Å²) in [7, 11) is 0. The molecule has 0 aliphatic rings. The zero-order valence-electron chi connectivity index (χ0n) is 17.3. The Hall–Kier alpha value is -3.34. The molecule has 5 heteroatoms. The second-order valence-corrected chi connectivity index (χ2v) is 6.77. The Labute approximate surface area is 178 Å². The molecule has 30 heavy (non-hydrogen) atoms. The first-order valence-corrected chi connectivity index (χ1v) is 10.1. The highest BCUT2D eigenvalue weighted by Gasteiger charge is 2.01. The van der Waals surface area contributed by atoms with Crippen LogP contribution in [0.3, 0.4) is 0 Å². The number of unbranched alkanes of at least 4 members (excludes halogenated alkanes) is 3. The SMILES string of the molecule is C=CC(=O)OCCCCCCOc1ccc(/C=C/C(=O)Oc2ccc(C)cc2)cc1. The molecule has 158 valence electrons. The van der Waals surface area contributed by atoms with Crippen LogP contribution in [-0.4, -0.2) is 25.2 Å². The summed E-state index contributed by atoms with van der Waals surface area (Å²) in [6.07, 6.45) is 8.05. The lowest BCUT2D eigenvalue weighted by Crippen LogP contribution is -2.03. The van der Waals surface area contributed by atoms with Gasteiger partial charge in [-0.15, -0.1) is 0 Å². The lowest BCUT2D eigenvalue weighted by atomic mass is 10.2. The minimum atomic E-state index is -0.418. The summed E-state index contributed by atoms with van der Waals surface area (Å²) in [6, 6.07) is 14.9. The maximum atomic E-state index is 11.9. The van der Waals surface area contributed by atoms with E-state index in [1.165, 1.54) is 12.2 Å². The first kappa shape index (κ1) is 22.9. The Morgan fingerprint density at radius 2 is 1.47 bits per heavy atom. The average molecular weight is 408 g/mol. The van der Waals surface area contributed by atoms with Crippen molar-refractivity contribution < 1.29 is 23.8 Å². The molecule has 0 saturated heterocycles. The van der Waals surface area contributed by atoms with Gasteiger partial charge in [0, 0.05) is 12.2 Å². The fourth-order valence-corrected chi connectivity index (χ4v) is 2.58. The van der Waals surface area contributed by atoms with Crippen LogP contribution >= 0.6 is 0 Å². The van der Waals surface area contributed by atoms with E-state index in [4.69, 9.17) is 14.2 Å². The van der Waals surface area contributed by atoms with E-state index in [2.05, 4.69) is 6.58 Å². The van der Waals surface area contributed by atoms with E-state index in [1.807, 2.05) is 43.3 Å². The van der Waals surface area contributed by atoms with Gasteiger partial charge in [0.05, 0.1) is 13.2 Å². The Morgan fingerprint density at radius 1 is 0.833 bits per heavy atom. The predicted octanol–water partition coefficient (Wildman–Crippen LogP) is 5.28.